The highest BCUT2D eigenvalue weighted by atomic mass is 15.0. The van der Waals surface area contributed by atoms with Gasteiger partial charge in [-0.15, -0.1) is 0 Å². The van der Waals surface area contributed by atoms with Crippen LogP contribution >= 0.6 is 0 Å². The lowest BCUT2D eigenvalue weighted by molar-refractivity contribution is 1.15. The standard InChI is InChI=1S/C18H15N3/c1-2-20-18-16(12-19)9-10-17(21-18)15-8-7-13-5-3-4-6-14(13)11-15/h3-11H,2H2,1H3,(H,20,21). The zero-order valence-corrected chi connectivity index (χ0v) is 11.8. The van der Waals surface area contributed by atoms with Crippen LogP contribution in [-0.4, -0.2) is 11.5 Å². The molecule has 3 heteroatoms. The molecule has 0 radical (unpaired) electrons. The summed E-state index contributed by atoms with van der Waals surface area (Å²) in [6.45, 7) is 2.73. The highest BCUT2D eigenvalue weighted by molar-refractivity contribution is 5.87. The topological polar surface area (TPSA) is 48.7 Å². The average Bonchev–Trinajstić information content (AvgIpc) is 2.54. The molecule has 21 heavy (non-hydrogen) atoms. The molecular weight excluding hydrogens is 258 g/mol. The number of hydrogen-bond donors (Lipinski definition) is 1. The number of aromatic nitrogens is 1. The Bertz CT molecular complexity index is 831. The number of rotatable bonds is 3. The molecule has 0 aliphatic rings. The van der Waals surface area contributed by atoms with E-state index in [0.717, 1.165) is 17.8 Å². The van der Waals surface area contributed by atoms with Crippen molar-refractivity contribution in [2.75, 3.05) is 11.9 Å². The number of nitriles is 1. The van der Waals surface area contributed by atoms with Gasteiger partial charge in [0.25, 0.3) is 0 Å². The zero-order chi connectivity index (χ0) is 14.7. The normalized spacial score (nSPS) is 10.3. The summed E-state index contributed by atoms with van der Waals surface area (Å²) in [6, 6.07) is 20.4. The Hall–Kier alpha value is -2.86. The second kappa shape index (κ2) is 5.64. The summed E-state index contributed by atoms with van der Waals surface area (Å²) in [4.78, 5) is 4.58. The van der Waals surface area contributed by atoms with Crippen LogP contribution < -0.4 is 5.32 Å². The largest absolute Gasteiger partial charge is 0.369 e. The van der Waals surface area contributed by atoms with Crippen LogP contribution in [0.3, 0.4) is 0 Å². The monoisotopic (exact) mass is 273 g/mol. The predicted molar refractivity (Wildman–Crippen MR) is 86.1 cm³/mol. The number of benzene rings is 2. The Morgan fingerprint density at radius 3 is 2.62 bits per heavy atom. The van der Waals surface area contributed by atoms with Gasteiger partial charge in [0.15, 0.2) is 0 Å². The molecule has 0 atom stereocenters. The van der Waals surface area contributed by atoms with Crippen LogP contribution in [0.5, 0.6) is 0 Å². The maximum atomic E-state index is 9.12. The van der Waals surface area contributed by atoms with Gasteiger partial charge in [0.05, 0.1) is 11.3 Å². The third-order valence-electron chi connectivity index (χ3n) is 3.41. The van der Waals surface area contributed by atoms with Crippen molar-refractivity contribution in [1.29, 1.82) is 5.26 Å². The van der Waals surface area contributed by atoms with Crippen LogP contribution in [0.4, 0.5) is 5.82 Å². The fourth-order valence-electron chi connectivity index (χ4n) is 2.36. The molecule has 2 aromatic carbocycles. The smallest absolute Gasteiger partial charge is 0.144 e. The summed E-state index contributed by atoms with van der Waals surface area (Å²) in [5.41, 5.74) is 2.49. The molecule has 0 unspecified atom stereocenters. The Labute approximate surface area is 123 Å². The highest BCUT2D eigenvalue weighted by Gasteiger charge is 2.07. The van der Waals surface area contributed by atoms with E-state index in [0.29, 0.717) is 11.4 Å². The highest BCUT2D eigenvalue weighted by Crippen LogP contribution is 2.25. The van der Waals surface area contributed by atoms with Gasteiger partial charge in [-0.3, -0.25) is 0 Å². The molecule has 0 aliphatic carbocycles. The van der Waals surface area contributed by atoms with Gasteiger partial charge in [-0.2, -0.15) is 5.26 Å². The van der Waals surface area contributed by atoms with Crippen LogP contribution in [0.2, 0.25) is 0 Å². The SMILES string of the molecule is CCNc1nc(-c2ccc3ccccc3c2)ccc1C#N. The van der Waals surface area contributed by atoms with Crippen molar-refractivity contribution in [3.63, 3.8) is 0 Å². The van der Waals surface area contributed by atoms with E-state index < -0.39 is 0 Å². The number of anilines is 1. The van der Waals surface area contributed by atoms with Crippen LogP contribution in [-0.2, 0) is 0 Å². The zero-order valence-electron chi connectivity index (χ0n) is 11.8. The first-order chi connectivity index (χ1) is 10.3. The van der Waals surface area contributed by atoms with Crippen LogP contribution in [0, 0.1) is 11.3 Å². The lowest BCUT2D eigenvalue weighted by Crippen LogP contribution is -2.02. The molecule has 0 spiro atoms. The first-order valence-electron chi connectivity index (χ1n) is 6.96. The summed E-state index contributed by atoms with van der Waals surface area (Å²) < 4.78 is 0. The van der Waals surface area contributed by atoms with Crippen LogP contribution in [0.1, 0.15) is 12.5 Å². The Morgan fingerprint density at radius 2 is 1.86 bits per heavy atom. The third-order valence-corrected chi connectivity index (χ3v) is 3.41. The molecule has 0 saturated heterocycles. The Morgan fingerprint density at radius 1 is 1.05 bits per heavy atom. The van der Waals surface area contributed by atoms with E-state index in [4.69, 9.17) is 5.26 Å². The summed E-state index contributed by atoms with van der Waals surface area (Å²) >= 11 is 0. The van der Waals surface area contributed by atoms with Crippen molar-refractivity contribution in [1.82, 2.24) is 4.98 Å². The molecule has 1 aromatic heterocycles. The van der Waals surface area contributed by atoms with Gasteiger partial charge in [0.2, 0.25) is 0 Å². The molecule has 1 N–H and O–H groups in total. The van der Waals surface area contributed by atoms with E-state index in [1.807, 2.05) is 31.2 Å². The molecule has 0 bridgehead atoms. The second-order valence-electron chi connectivity index (χ2n) is 4.80. The number of hydrogen-bond acceptors (Lipinski definition) is 3. The van der Waals surface area contributed by atoms with E-state index in [9.17, 15) is 0 Å². The van der Waals surface area contributed by atoms with Gasteiger partial charge < -0.3 is 5.32 Å². The lowest BCUT2D eigenvalue weighted by atomic mass is 10.0. The average molecular weight is 273 g/mol. The minimum absolute atomic E-state index is 0.571. The van der Waals surface area contributed by atoms with Gasteiger partial charge >= 0.3 is 0 Å². The summed E-state index contributed by atoms with van der Waals surface area (Å²) in [6.07, 6.45) is 0. The molecule has 0 saturated carbocycles. The van der Waals surface area contributed by atoms with Crippen molar-refractivity contribution in [2.45, 2.75) is 6.92 Å². The van der Waals surface area contributed by atoms with Gasteiger partial charge in [-0.1, -0.05) is 36.4 Å². The fourth-order valence-corrected chi connectivity index (χ4v) is 2.36. The number of fused-ring (bicyclic) bond motifs is 1. The Kier molecular flexibility index (Phi) is 3.53. The van der Waals surface area contributed by atoms with E-state index in [1.54, 1.807) is 0 Å². The third kappa shape index (κ3) is 2.56. The van der Waals surface area contributed by atoms with Gasteiger partial charge in [-0.25, -0.2) is 4.98 Å². The maximum absolute atomic E-state index is 9.12. The molecule has 0 fully saturated rings. The first-order valence-corrected chi connectivity index (χ1v) is 6.96. The van der Waals surface area contributed by atoms with E-state index in [-0.39, 0.29) is 0 Å². The lowest BCUT2D eigenvalue weighted by Gasteiger charge is -2.08. The molecule has 3 nitrogen and oxygen atoms in total. The molecule has 0 amide bonds. The predicted octanol–water partition coefficient (Wildman–Crippen LogP) is 4.21. The molecule has 1 heterocycles. The minimum Gasteiger partial charge on any atom is -0.369 e. The van der Waals surface area contributed by atoms with Crippen molar-refractivity contribution < 1.29 is 0 Å². The van der Waals surface area contributed by atoms with Crippen molar-refractivity contribution in [2.24, 2.45) is 0 Å². The van der Waals surface area contributed by atoms with Gasteiger partial charge in [0.1, 0.15) is 11.9 Å². The van der Waals surface area contributed by atoms with Crippen LogP contribution in [0.15, 0.2) is 54.6 Å². The maximum Gasteiger partial charge on any atom is 0.144 e. The van der Waals surface area contributed by atoms with Gasteiger partial charge in [0, 0.05) is 12.1 Å². The number of pyridine rings is 1. The van der Waals surface area contributed by atoms with E-state index >= 15 is 0 Å². The first kappa shape index (κ1) is 13.1. The van der Waals surface area contributed by atoms with E-state index in [1.165, 1.54) is 10.8 Å². The Balaban J connectivity index is 2.09. The van der Waals surface area contributed by atoms with Crippen molar-refractivity contribution in [3.05, 3.63) is 60.2 Å². The summed E-state index contributed by atoms with van der Waals surface area (Å²) in [7, 11) is 0. The molecule has 3 rings (SSSR count). The van der Waals surface area contributed by atoms with Crippen molar-refractivity contribution in [3.8, 4) is 17.3 Å². The minimum atomic E-state index is 0.571. The fraction of sp³-hybridized carbons (Fsp3) is 0.111. The number of nitrogens with zero attached hydrogens (tertiary/aromatic N) is 2. The summed E-state index contributed by atoms with van der Waals surface area (Å²) in [5, 5.41) is 14.7. The van der Waals surface area contributed by atoms with Crippen molar-refractivity contribution >= 4 is 16.6 Å². The van der Waals surface area contributed by atoms with E-state index in [2.05, 4.69) is 46.7 Å². The molecule has 0 aliphatic heterocycles. The summed E-state index contributed by atoms with van der Waals surface area (Å²) in [5.74, 6) is 0.644. The molecule has 3 aromatic rings. The second-order valence-corrected chi connectivity index (χ2v) is 4.80. The van der Waals surface area contributed by atoms with Gasteiger partial charge in [-0.05, 0) is 35.9 Å². The van der Waals surface area contributed by atoms with Crippen LogP contribution in [0.25, 0.3) is 22.0 Å². The quantitative estimate of drug-likeness (QED) is 0.777. The molecule has 102 valence electrons. The number of nitrogens with one attached hydrogen (secondary N) is 1. The molecular formula is C18H15N3.